The molecule has 0 aliphatic rings. The van der Waals surface area contributed by atoms with Gasteiger partial charge in [0.25, 0.3) is 0 Å². The van der Waals surface area contributed by atoms with E-state index < -0.39 is 0 Å². The van der Waals surface area contributed by atoms with Crippen LogP contribution >= 0.6 is 0 Å². The Morgan fingerprint density at radius 2 is 2.00 bits per heavy atom. The number of hydrogen-bond acceptors (Lipinski definition) is 2. The van der Waals surface area contributed by atoms with Crippen molar-refractivity contribution in [2.24, 2.45) is 5.92 Å². The minimum atomic E-state index is 0.590. The van der Waals surface area contributed by atoms with Crippen molar-refractivity contribution < 1.29 is 0 Å². The molecular weight excluding hydrogens is 172 g/mol. The van der Waals surface area contributed by atoms with Crippen LogP contribution in [-0.4, -0.2) is 37.1 Å². The monoisotopic (exact) mass is 198 g/mol. The molecule has 0 amide bonds. The van der Waals surface area contributed by atoms with Crippen LogP contribution in [0.25, 0.3) is 0 Å². The number of nitrogens with zero attached hydrogens (tertiary/aromatic N) is 1. The van der Waals surface area contributed by atoms with Gasteiger partial charge in [0.1, 0.15) is 0 Å². The Morgan fingerprint density at radius 1 is 1.36 bits per heavy atom. The van der Waals surface area contributed by atoms with Gasteiger partial charge in [0.05, 0.1) is 0 Å². The molecule has 14 heavy (non-hydrogen) atoms. The lowest BCUT2D eigenvalue weighted by Gasteiger charge is -2.23. The van der Waals surface area contributed by atoms with Gasteiger partial charge in [-0.2, -0.15) is 0 Å². The Morgan fingerprint density at radius 3 is 2.43 bits per heavy atom. The van der Waals surface area contributed by atoms with E-state index in [0.717, 1.165) is 26.2 Å². The molecule has 0 saturated heterocycles. The third kappa shape index (κ3) is 7.10. The van der Waals surface area contributed by atoms with Gasteiger partial charge in [0.2, 0.25) is 0 Å². The van der Waals surface area contributed by atoms with Crippen molar-refractivity contribution in [2.75, 3.05) is 26.2 Å². The summed E-state index contributed by atoms with van der Waals surface area (Å²) in [6, 6.07) is 0.590. The fourth-order valence-electron chi connectivity index (χ4n) is 1.46. The Labute approximate surface area is 89.4 Å². The summed E-state index contributed by atoms with van der Waals surface area (Å²) >= 11 is 0. The summed E-state index contributed by atoms with van der Waals surface area (Å²) in [5, 5.41) is 3.46. The molecule has 1 atom stereocenters. The van der Waals surface area contributed by atoms with Gasteiger partial charge in [-0.15, -0.1) is 6.58 Å². The van der Waals surface area contributed by atoms with E-state index in [-0.39, 0.29) is 0 Å². The molecule has 0 fully saturated rings. The van der Waals surface area contributed by atoms with E-state index in [9.17, 15) is 0 Å². The normalized spacial score (nSPS) is 13.6. The van der Waals surface area contributed by atoms with E-state index in [4.69, 9.17) is 0 Å². The highest BCUT2D eigenvalue weighted by molar-refractivity contribution is 4.74. The first-order valence-corrected chi connectivity index (χ1v) is 5.66. The van der Waals surface area contributed by atoms with Crippen molar-refractivity contribution in [2.45, 2.75) is 33.7 Å². The van der Waals surface area contributed by atoms with Crippen LogP contribution in [0.4, 0.5) is 0 Å². The van der Waals surface area contributed by atoms with E-state index >= 15 is 0 Å². The molecule has 0 saturated carbocycles. The van der Waals surface area contributed by atoms with Gasteiger partial charge in [0.15, 0.2) is 0 Å². The average Bonchev–Trinajstić information content (AvgIpc) is 2.14. The molecule has 2 nitrogen and oxygen atoms in total. The summed E-state index contributed by atoms with van der Waals surface area (Å²) in [6.45, 7) is 17.0. The van der Waals surface area contributed by atoms with Gasteiger partial charge in [-0.1, -0.05) is 33.8 Å². The van der Waals surface area contributed by atoms with Crippen LogP contribution in [0.3, 0.4) is 0 Å². The molecule has 0 aliphatic heterocycles. The lowest BCUT2D eigenvalue weighted by atomic mass is 10.1. The highest BCUT2D eigenvalue weighted by Crippen LogP contribution is 1.99. The molecule has 0 aromatic carbocycles. The zero-order valence-electron chi connectivity index (χ0n) is 10.2. The predicted molar refractivity (Wildman–Crippen MR) is 64.6 cm³/mol. The van der Waals surface area contributed by atoms with Gasteiger partial charge in [0, 0.05) is 19.1 Å². The van der Waals surface area contributed by atoms with Crippen LogP contribution in [0.5, 0.6) is 0 Å². The van der Waals surface area contributed by atoms with Gasteiger partial charge < -0.3 is 5.32 Å². The Bertz CT molecular complexity index is 143. The Kier molecular flexibility index (Phi) is 7.81. The van der Waals surface area contributed by atoms with Gasteiger partial charge in [-0.25, -0.2) is 0 Å². The maximum atomic E-state index is 3.77. The molecule has 0 heterocycles. The van der Waals surface area contributed by atoms with Crippen molar-refractivity contribution in [1.29, 1.82) is 0 Å². The molecule has 2 heteroatoms. The maximum Gasteiger partial charge on any atom is 0.0160 e. The summed E-state index contributed by atoms with van der Waals surface area (Å²) in [5.74, 6) is 0.706. The van der Waals surface area contributed by atoms with E-state index in [1.807, 2.05) is 6.08 Å². The van der Waals surface area contributed by atoms with E-state index in [2.05, 4.69) is 44.5 Å². The second kappa shape index (κ2) is 8.01. The third-order valence-electron chi connectivity index (χ3n) is 2.28. The molecule has 0 aromatic rings. The molecule has 0 bridgehead atoms. The van der Waals surface area contributed by atoms with Crippen LogP contribution in [0, 0.1) is 5.92 Å². The minimum absolute atomic E-state index is 0.590. The molecule has 1 unspecified atom stereocenters. The smallest absolute Gasteiger partial charge is 0.0160 e. The van der Waals surface area contributed by atoms with Gasteiger partial charge >= 0.3 is 0 Å². The highest BCUT2D eigenvalue weighted by atomic mass is 15.1. The van der Waals surface area contributed by atoms with Crippen LogP contribution < -0.4 is 5.32 Å². The first-order valence-electron chi connectivity index (χ1n) is 5.66. The Balaban J connectivity index is 3.66. The quantitative estimate of drug-likeness (QED) is 0.601. The number of hydrogen-bond donors (Lipinski definition) is 1. The number of nitrogens with one attached hydrogen (secondary N) is 1. The fraction of sp³-hybridized carbons (Fsp3) is 0.833. The summed E-state index contributed by atoms with van der Waals surface area (Å²) in [6.07, 6.45) is 1.98. The zero-order valence-corrected chi connectivity index (χ0v) is 10.2. The maximum absolute atomic E-state index is 3.77. The fourth-order valence-corrected chi connectivity index (χ4v) is 1.46. The predicted octanol–water partition coefficient (Wildman–Crippen LogP) is 2.13. The second-order valence-corrected chi connectivity index (χ2v) is 4.31. The van der Waals surface area contributed by atoms with Crippen molar-refractivity contribution in [3.63, 3.8) is 0 Å². The topological polar surface area (TPSA) is 15.3 Å². The van der Waals surface area contributed by atoms with Crippen molar-refractivity contribution in [1.82, 2.24) is 10.2 Å². The lowest BCUT2D eigenvalue weighted by molar-refractivity contribution is 0.266. The Hall–Kier alpha value is -0.340. The lowest BCUT2D eigenvalue weighted by Crippen LogP contribution is -2.35. The molecular formula is C12H26N2. The largest absolute Gasteiger partial charge is 0.314 e. The van der Waals surface area contributed by atoms with Crippen LogP contribution in [-0.2, 0) is 0 Å². The van der Waals surface area contributed by atoms with Crippen molar-refractivity contribution in [3.8, 4) is 0 Å². The third-order valence-corrected chi connectivity index (χ3v) is 2.28. The average molecular weight is 198 g/mol. The summed E-state index contributed by atoms with van der Waals surface area (Å²) in [5.41, 5.74) is 0. The molecule has 84 valence electrons. The van der Waals surface area contributed by atoms with E-state index in [1.165, 1.54) is 0 Å². The number of likely N-dealkylation sites (N-methyl/N-ethyl adjacent to an activating group) is 1. The van der Waals surface area contributed by atoms with Gasteiger partial charge in [-0.3, -0.25) is 4.90 Å². The van der Waals surface area contributed by atoms with Crippen LogP contribution in [0.15, 0.2) is 12.7 Å². The van der Waals surface area contributed by atoms with Gasteiger partial charge in [-0.05, 0) is 19.0 Å². The van der Waals surface area contributed by atoms with Crippen molar-refractivity contribution >= 4 is 0 Å². The zero-order chi connectivity index (χ0) is 11.0. The molecule has 0 aromatic heterocycles. The molecule has 0 rings (SSSR count). The van der Waals surface area contributed by atoms with Crippen LogP contribution in [0.1, 0.15) is 27.7 Å². The first kappa shape index (κ1) is 13.7. The highest BCUT2D eigenvalue weighted by Gasteiger charge is 2.07. The van der Waals surface area contributed by atoms with E-state index in [0.29, 0.717) is 12.0 Å². The summed E-state index contributed by atoms with van der Waals surface area (Å²) < 4.78 is 0. The summed E-state index contributed by atoms with van der Waals surface area (Å²) in [4.78, 5) is 2.42. The summed E-state index contributed by atoms with van der Waals surface area (Å²) in [7, 11) is 0. The molecule has 0 spiro atoms. The number of rotatable bonds is 8. The van der Waals surface area contributed by atoms with E-state index in [1.54, 1.807) is 0 Å². The molecule has 0 radical (unpaired) electrons. The molecule has 0 aliphatic carbocycles. The second-order valence-electron chi connectivity index (χ2n) is 4.31. The molecule has 1 N–H and O–H groups in total. The SMILES string of the molecule is C=CCN(CC)CC(C)CNC(C)C. The minimum Gasteiger partial charge on any atom is -0.314 e. The van der Waals surface area contributed by atoms with Crippen molar-refractivity contribution in [3.05, 3.63) is 12.7 Å². The first-order chi connectivity index (χ1) is 6.60. The standard InChI is InChI=1S/C12H26N2/c1-6-8-14(7-2)10-12(5)9-13-11(3)4/h6,11-13H,1,7-10H2,2-5H3. The van der Waals surface area contributed by atoms with Crippen LogP contribution in [0.2, 0.25) is 0 Å².